The van der Waals surface area contributed by atoms with Gasteiger partial charge < -0.3 is 4.84 Å². The molecular formula is C14H17Cl2NO2. The molecule has 3 nitrogen and oxygen atoms in total. The summed E-state index contributed by atoms with van der Waals surface area (Å²) in [6.07, 6.45) is 3.39. The van der Waals surface area contributed by atoms with Crippen LogP contribution in [0.2, 0.25) is 10.0 Å². The van der Waals surface area contributed by atoms with Crippen molar-refractivity contribution < 1.29 is 9.63 Å². The highest BCUT2D eigenvalue weighted by Crippen LogP contribution is 2.24. The van der Waals surface area contributed by atoms with Crippen LogP contribution in [0.25, 0.3) is 0 Å². The number of hydrogen-bond acceptors (Lipinski definition) is 3. The molecule has 104 valence electrons. The largest absolute Gasteiger partial charge is 0.367 e. The van der Waals surface area contributed by atoms with Gasteiger partial charge in [0.25, 0.3) is 0 Å². The van der Waals surface area contributed by atoms with E-state index in [-0.39, 0.29) is 12.4 Å². The summed E-state index contributed by atoms with van der Waals surface area (Å²) in [5.41, 5.74) is 0.812. The fourth-order valence-corrected chi connectivity index (χ4v) is 2.64. The lowest BCUT2D eigenvalue weighted by Gasteiger charge is -2.21. The maximum atomic E-state index is 11.9. The molecule has 19 heavy (non-hydrogen) atoms. The molecule has 5 heteroatoms. The summed E-state index contributed by atoms with van der Waals surface area (Å²) in [5.74, 6) is -0.251. The Labute approximate surface area is 123 Å². The number of benzene rings is 1. The molecule has 2 rings (SSSR count). The first-order valence-electron chi connectivity index (χ1n) is 6.51. The van der Waals surface area contributed by atoms with E-state index in [1.54, 1.807) is 23.3 Å². The van der Waals surface area contributed by atoms with Gasteiger partial charge >= 0.3 is 5.97 Å². The van der Waals surface area contributed by atoms with Crippen molar-refractivity contribution in [3.8, 4) is 0 Å². The molecule has 0 spiro atoms. The van der Waals surface area contributed by atoms with Gasteiger partial charge in [-0.15, -0.1) is 5.06 Å². The molecule has 0 bridgehead atoms. The molecule has 1 aromatic carbocycles. The summed E-state index contributed by atoms with van der Waals surface area (Å²) < 4.78 is 0. The smallest absolute Gasteiger partial charge is 0.329 e. The zero-order valence-corrected chi connectivity index (χ0v) is 12.4. The topological polar surface area (TPSA) is 29.5 Å². The number of carbonyl (C=O) groups excluding carboxylic acids is 1. The molecule has 1 aliphatic rings. The first-order chi connectivity index (χ1) is 9.10. The minimum absolute atomic E-state index is 0.212. The van der Waals surface area contributed by atoms with Gasteiger partial charge in [-0.05, 0) is 37.0 Å². The van der Waals surface area contributed by atoms with Gasteiger partial charge in [-0.1, -0.05) is 36.2 Å². The average Bonchev–Trinajstić information content (AvgIpc) is 2.81. The van der Waals surface area contributed by atoms with E-state index in [2.05, 4.69) is 6.92 Å². The number of carbonyl (C=O) groups is 1. The number of nitrogens with zero attached hydrogens (tertiary/aromatic N) is 1. The van der Waals surface area contributed by atoms with Gasteiger partial charge in [0.15, 0.2) is 0 Å². The maximum absolute atomic E-state index is 11.9. The van der Waals surface area contributed by atoms with Gasteiger partial charge in [-0.25, -0.2) is 4.79 Å². The third kappa shape index (κ3) is 3.85. The van der Waals surface area contributed by atoms with Crippen LogP contribution >= 0.6 is 23.2 Å². The Bertz CT molecular complexity index is 465. The van der Waals surface area contributed by atoms with E-state index >= 15 is 0 Å². The monoisotopic (exact) mass is 301 g/mol. The molecule has 1 aliphatic heterocycles. The summed E-state index contributed by atoms with van der Waals surface area (Å²) in [6.45, 7) is 2.93. The second-order valence-corrected chi connectivity index (χ2v) is 5.55. The van der Waals surface area contributed by atoms with Crippen molar-refractivity contribution in [2.24, 2.45) is 0 Å². The van der Waals surface area contributed by atoms with Gasteiger partial charge in [-0.2, -0.15) is 0 Å². The van der Waals surface area contributed by atoms with Crippen LogP contribution in [0.1, 0.15) is 31.7 Å². The molecule has 1 saturated heterocycles. The zero-order chi connectivity index (χ0) is 13.8. The lowest BCUT2D eigenvalue weighted by molar-refractivity contribution is -0.194. The first-order valence-corrected chi connectivity index (χ1v) is 7.27. The molecule has 1 unspecified atom stereocenters. The number of rotatable bonds is 4. The predicted octanol–water partition coefficient (Wildman–Crippen LogP) is 3.87. The fourth-order valence-electron chi connectivity index (χ4n) is 2.32. The van der Waals surface area contributed by atoms with E-state index in [0.29, 0.717) is 16.1 Å². The number of halogens is 2. The van der Waals surface area contributed by atoms with Crippen LogP contribution in [-0.2, 0) is 16.1 Å². The normalized spacial score (nSPS) is 19.6. The second-order valence-electron chi connectivity index (χ2n) is 4.73. The molecule has 0 amide bonds. The summed E-state index contributed by atoms with van der Waals surface area (Å²) >= 11 is 11.8. The highest BCUT2D eigenvalue weighted by atomic mass is 35.5. The lowest BCUT2D eigenvalue weighted by Crippen LogP contribution is -2.32. The Morgan fingerprint density at radius 1 is 1.42 bits per heavy atom. The van der Waals surface area contributed by atoms with Gasteiger partial charge in [0.1, 0.15) is 0 Å². The van der Waals surface area contributed by atoms with E-state index in [1.807, 2.05) is 0 Å². The van der Waals surface area contributed by atoms with Crippen LogP contribution < -0.4 is 0 Å². The molecule has 1 aromatic rings. The molecule has 1 atom stereocenters. The Kier molecular flexibility index (Phi) is 5.08. The van der Waals surface area contributed by atoms with Crippen molar-refractivity contribution in [1.82, 2.24) is 5.06 Å². The van der Waals surface area contributed by atoms with Crippen LogP contribution in [0.3, 0.4) is 0 Å². The van der Waals surface area contributed by atoms with Crippen LogP contribution in [0.15, 0.2) is 18.2 Å². The molecule has 0 N–H and O–H groups in total. The Balaban J connectivity index is 1.92. The number of hydroxylamine groups is 2. The predicted molar refractivity (Wildman–Crippen MR) is 76.3 cm³/mol. The third-order valence-corrected chi connectivity index (χ3v) is 4.08. The summed E-state index contributed by atoms with van der Waals surface area (Å²) in [6, 6.07) is 5.54. The summed E-state index contributed by atoms with van der Waals surface area (Å²) in [4.78, 5) is 17.3. The lowest BCUT2D eigenvalue weighted by atomic mass is 10.1. The Morgan fingerprint density at radius 2 is 2.21 bits per heavy atom. The third-order valence-electron chi connectivity index (χ3n) is 3.35. The van der Waals surface area contributed by atoms with Crippen molar-refractivity contribution in [2.75, 3.05) is 6.54 Å². The minimum Gasteiger partial charge on any atom is -0.367 e. The molecular weight excluding hydrogens is 285 g/mol. The highest BCUT2D eigenvalue weighted by Gasteiger charge is 2.26. The van der Waals surface area contributed by atoms with Gasteiger partial charge in [0.05, 0.1) is 16.5 Å². The van der Waals surface area contributed by atoms with E-state index < -0.39 is 0 Å². The van der Waals surface area contributed by atoms with Crippen molar-refractivity contribution in [3.05, 3.63) is 33.8 Å². The van der Waals surface area contributed by atoms with Gasteiger partial charge in [0.2, 0.25) is 0 Å². The van der Waals surface area contributed by atoms with E-state index in [9.17, 15) is 4.79 Å². The minimum atomic E-state index is -0.251. The Morgan fingerprint density at radius 3 is 2.89 bits per heavy atom. The average molecular weight is 302 g/mol. The van der Waals surface area contributed by atoms with Gasteiger partial charge in [0, 0.05) is 12.6 Å². The zero-order valence-electron chi connectivity index (χ0n) is 10.9. The standard InChI is InChI=1S/C14H17Cl2NO2/c1-2-11-4-3-7-17(11)19-14(18)9-10-5-6-12(15)13(16)8-10/h5-6,8,11H,2-4,7,9H2,1H3. The molecule has 0 aromatic heterocycles. The Hall–Kier alpha value is -0.770. The van der Waals surface area contributed by atoms with Crippen LogP contribution in [0.4, 0.5) is 0 Å². The first kappa shape index (κ1) is 14.6. The second kappa shape index (κ2) is 6.60. The van der Waals surface area contributed by atoms with Crippen molar-refractivity contribution >= 4 is 29.2 Å². The number of hydrogen-bond donors (Lipinski definition) is 0. The van der Waals surface area contributed by atoms with E-state index in [4.69, 9.17) is 28.0 Å². The molecule has 0 aliphatic carbocycles. The van der Waals surface area contributed by atoms with Gasteiger partial charge in [-0.3, -0.25) is 0 Å². The SMILES string of the molecule is CCC1CCCN1OC(=O)Cc1ccc(Cl)c(Cl)c1. The fraction of sp³-hybridized carbons (Fsp3) is 0.500. The summed E-state index contributed by atoms with van der Waals surface area (Å²) in [7, 11) is 0. The molecule has 1 heterocycles. The van der Waals surface area contributed by atoms with Crippen LogP contribution in [0.5, 0.6) is 0 Å². The van der Waals surface area contributed by atoms with Crippen molar-refractivity contribution in [2.45, 2.75) is 38.6 Å². The van der Waals surface area contributed by atoms with Crippen LogP contribution in [-0.4, -0.2) is 23.6 Å². The summed E-state index contributed by atoms with van der Waals surface area (Å²) in [5, 5.41) is 2.75. The molecule has 0 radical (unpaired) electrons. The highest BCUT2D eigenvalue weighted by molar-refractivity contribution is 6.42. The maximum Gasteiger partial charge on any atom is 0.329 e. The van der Waals surface area contributed by atoms with E-state index in [0.717, 1.165) is 31.4 Å². The van der Waals surface area contributed by atoms with Crippen molar-refractivity contribution in [1.29, 1.82) is 0 Å². The van der Waals surface area contributed by atoms with Crippen molar-refractivity contribution in [3.63, 3.8) is 0 Å². The van der Waals surface area contributed by atoms with Crippen LogP contribution in [0, 0.1) is 0 Å². The quantitative estimate of drug-likeness (QED) is 0.845. The van der Waals surface area contributed by atoms with E-state index in [1.165, 1.54) is 0 Å². The molecule has 0 saturated carbocycles. The molecule has 1 fully saturated rings.